The van der Waals surface area contributed by atoms with Gasteiger partial charge >= 0.3 is 5.97 Å². The Hall–Kier alpha value is -1.83. The van der Waals surface area contributed by atoms with Crippen LogP contribution in [-0.2, 0) is 14.8 Å². The summed E-state index contributed by atoms with van der Waals surface area (Å²) in [5, 5.41) is 0.279. The summed E-state index contributed by atoms with van der Waals surface area (Å²) in [7, 11) is -3.03. The third kappa shape index (κ3) is 3.89. The second kappa shape index (κ2) is 7.19. The van der Waals surface area contributed by atoms with E-state index in [1.807, 2.05) is 0 Å². The molecule has 0 atom stereocenters. The molecule has 2 aromatic carbocycles. The van der Waals surface area contributed by atoms with Crippen LogP contribution < -0.4 is 4.72 Å². The van der Waals surface area contributed by atoms with Crippen LogP contribution in [-0.4, -0.2) is 21.5 Å². The zero-order valence-electron chi connectivity index (χ0n) is 13.5. The van der Waals surface area contributed by atoms with Gasteiger partial charge in [-0.15, -0.1) is 0 Å². The smallest absolute Gasteiger partial charge is 0.340 e. The van der Waals surface area contributed by atoms with Crippen molar-refractivity contribution in [2.24, 2.45) is 0 Å². The van der Waals surface area contributed by atoms with Gasteiger partial charge in [-0.05, 0) is 49.2 Å². The molecule has 0 unspecified atom stereocenters. The number of ether oxygens (including phenoxy) is 1. The number of aryl methyl sites for hydroxylation is 1. The van der Waals surface area contributed by atoms with Crippen molar-refractivity contribution in [3.63, 3.8) is 0 Å². The van der Waals surface area contributed by atoms with Gasteiger partial charge in [0.25, 0.3) is 10.0 Å². The Balaban J connectivity index is 2.53. The summed E-state index contributed by atoms with van der Waals surface area (Å²) < 4.78 is 45.9. The average molecular weight is 406 g/mol. The van der Waals surface area contributed by atoms with E-state index < -0.39 is 27.4 Å². The molecule has 0 aliphatic rings. The second-order valence-electron chi connectivity index (χ2n) is 5.24. The molecule has 0 bridgehead atoms. The van der Waals surface area contributed by atoms with Gasteiger partial charge in [-0.2, -0.15) is 0 Å². The molecule has 0 saturated heterocycles. The van der Waals surface area contributed by atoms with E-state index >= 15 is 0 Å². The zero-order chi connectivity index (χ0) is 18.9. The van der Waals surface area contributed by atoms with E-state index in [0.29, 0.717) is 5.56 Å². The standard InChI is InChI=1S/C16H14Cl2FNO4S/c1-8-6-12(17)9(2)15(14(8)18)25(22,23)20-10-4-5-13(19)11(7-10)16(21)24-3/h4-7,20H,1-3H3. The summed E-state index contributed by atoms with van der Waals surface area (Å²) in [6.07, 6.45) is 0. The molecule has 5 nitrogen and oxygen atoms in total. The van der Waals surface area contributed by atoms with Gasteiger partial charge in [0.2, 0.25) is 0 Å². The molecular weight excluding hydrogens is 392 g/mol. The summed E-state index contributed by atoms with van der Waals surface area (Å²) in [6, 6.07) is 4.74. The van der Waals surface area contributed by atoms with E-state index in [1.165, 1.54) is 13.0 Å². The molecule has 0 heterocycles. The van der Waals surface area contributed by atoms with Crippen LogP contribution in [0.3, 0.4) is 0 Å². The number of benzene rings is 2. The number of rotatable bonds is 4. The van der Waals surface area contributed by atoms with Crippen molar-refractivity contribution in [2.75, 3.05) is 11.8 Å². The van der Waals surface area contributed by atoms with Crippen molar-refractivity contribution >= 4 is 44.9 Å². The number of carbonyl (C=O) groups is 1. The maximum Gasteiger partial charge on any atom is 0.340 e. The van der Waals surface area contributed by atoms with Gasteiger partial charge < -0.3 is 4.74 Å². The first kappa shape index (κ1) is 19.5. The number of hydrogen-bond donors (Lipinski definition) is 1. The minimum atomic E-state index is -4.12. The second-order valence-corrected chi connectivity index (χ2v) is 7.64. The molecule has 9 heteroatoms. The van der Waals surface area contributed by atoms with Crippen molar-refractivity contribution in [3.8, 4) is 0 Å². The molecule has 0 radical (unpaired) electrons. The van der Waals surface area contributed by atoms with Crippen molar-refractivity contribution in [1.82, 2.24) is 0 Å². The van der Waals surface area contributed by atoms with Crippen LogP contribution in [0.2, 0.25) is 10.0 Å². The number of anilines is 1. The fourth-order valence-corrected chi connectivity index (χ4v) is 4.46. The zero-order valence-corrected chi connectivity index (χ0v) is 15.8. The number of carbonyl (C=O) groups excluding carboxylic acids is 1. The number of nitrogens with one attached hydrogen (secondary N) is 1. The first-order chi connectivity index (χ1) is 11.6. The number of methoxy groups -OCH3 is 1. The van der Waals surface area contributed by atoms with E-state index in [2.05, 4.69) is 9.46 Å². The highest BCUT2D eigenvalue weighted by atomic mass is 35.5. The third-order valence-corrected chi connectivity index (χ3v) is 6.02. The molecule has 134 valence electrons. The third-order valence-electron chi connectivity index (χ3n) is 3.48. The maximum atomic E-state index is 13.7. The van der Waals surface area contributed by atoms with Crippen LogP contribution in [0.1, 0.15) is 21.5 Å². The summed E-state index contributed by atoms with van der Waals surface area (Å²) in [5.74, 6) is -1.76. The molecule has 0 aromatic heterocycles. The summed E-state index contributed by atoms with van der Waals surface area (Å²) in [6.45, 7) is 3.15. The van der Waals surface area contributed by atoms with Gasteiger partial charge in [-0.1, -0.05) is 23.2 Å². The highest BCUT2D eigenvalue weighted by molar-refractivity contribution is 7.93. The average Bonchev–Trinajstić information content (AvgIpc) is 2.53. The number of esters is 1. The molecule has 2 rings (SSSR count). The van der Waals surface area contributed by atoms with Crippen molar-refractivity contribution in [2.45, 2.75) is 18.7 Å². The normalized spacial score (nSPS) is 11.3. The lowest BCUT2D eigenvalue weighted by Crippen LogP contribution is -2.16. The molecule has 2 aromatic rings. The lowest BCUT2D eigenvalue weighted by molar-refractivity contribution is 0.0595. The van der Waals surface area contributed by atoms with Crippen molar-refractivity contribution < 1.29 is 22.3 Å². The Morgan fingerprint density at radius 2 is 1.84 bits per heavy atom. The van der Waals surface area contributed by atoms with E-state index in [4.69, 9.17) is 23.2 Å². The Morgan fingerprint density at radius 3 is 2.44 bits per heavy atom. The van der Waals surface area contributed by atoms with E-state index in [0.717, 1.165) is 19.2 Å². The lowest BCUT2D eigenvalue weighted by atomic mass is 10.2. The minimum absolute atomic E-state index is 0.0186. The first-order valence-corrected chi connectivity index (χ1v) is 9.18. The van der Waals surface area contributed by atoms with Crippen LogP contribution in [0.25, 0.3) is 0 Å². The van der Waals surface area contributed by atoms with Gasteiger partial charge in [0, 0.05) is 10.7 Å². The minimum Gasteiger partial charge on any atom is -0.465 e. The Bertz CT molecular complexity index is 935. The molecule has 0 saturated carbocycles. The van der Waals surface area contributed by atoms with Gasteiger partial charge in [-0.3, -0.25) is 4.72 Å². The monoisotopic (exact) mass is 405 g/mol. The quantitative estimate of drug-likeness (QED) is 0.767. The summed E-state index contributed by atoms with van der Waals surface area (Å²) in [5.41, 5.74) is 0.356. The van der Waals surface area contributed by atoms with Gasteiger partial charge in [0.1, 0.15) is 10.7 Å². The topological polar surface area (TPSA) is 72.5 Å². The molecular formula is C16H14Cl2FNO4S. The van der Waals surface area contributed by atoms with Gasteiger partial charge in [0.15, 0.2) is 0 Å². The molecule has 0 spiro atoms. The van der Waals surface area contributed by atoms with E-state index in [1.54, 1.807) is 13.0 Å². The fourth-order valence-electron chi connectivity index (χ4n) is 2.19. The number of halogens is 3. The SMILES string of the molecule is COC(=O)c1cc(NS(=O)(=O)c2c(C)c(Cl)cc(C)c2Cl)ccc1F. The Labute approximate surface area is 154 Å². The van der Waals surface area contributed by atoms with Crippen LogP contribution in [0.15, 0.2) is 29.2 Å². The van der Waals surface area contributed by atoms with E-state index in [9.17, 15) is 17.6 Å². The summed E-state index contributed by atoms with van der Waals surface area (Å²) >= 11 is 12.2. The Morgan fingerprint density at radius 1 is 1.20 bits per heavy atom. The van der Waals surface area contributed by atoms with Crippen molar-refractivity contribution in [3.05, 3.63) is 56.8 Å². The Kier molecular flexibility index (Phi) is 5.61. The van der Waals surface area contributed by atoms with Gasteiger partial charge in [-0.25, -0.2) is 17.6 Å². The highest BCUT2D eigenvalue weighted by Crippen LogP contribution is 2.34. The molecule has 0 amide bonds. The number of sulfonamides is 1. The largest absolute Gasteiger partial charge is 0.465 e. The predicted molar refractivity (Wildman–Crippen MR) is 94.5 cm³/mol. The molecule has 0 aliphatic carbocycles. The van der Waals surface area contributed by atoms with Crippen LogP contribution in [0.4, 0.5) is 10.1 Å². The molecule has 0 aliphatic heterocycles. The lowest BCUT2D eigenvalue weighted by Gasteiger charge is -2.15. The molecule has 1 N–H and O–H groups in total. The van der Waals surface area contributed by atoms with E-state index in [-0.39, 0.29) is 26.2 Å². The number of hydrogen-bond acceptors (Lipinski definition) is 4. The maximum absolute atomic E-state index is 13.7. The molecule has 0 fully saturated rings. The van der Waals surface area contributed by atoms with Crippen LogP contribution in [0.5, 0.6) is 0 Å². The highest BCUT2D eigenvalue weighted by Gasteiger charge is 2.25. The van der Waals surface area contributed by atoms with Crippen LogP contribution >= 0.6 is 23.2 Å². The van der Waals surface area contributed by atoms with Crippen molar-refractivity contribution in [1.29, 1.82) is 0 Å². The predicted octanol–water partition coefficient (Wildman–Crippen LogP) is 4.34. The van der Waals surface area contributed by atoms with Gasteiger partial charge in [0.05, 0.1) is 17.7 Å². The fraction of sp³-hybridized carbons (Fsp3) is 0.188. The molecule has 25 heavy (non-hydrogen) atoms. The first-order valence-electron chi connectivity index (χ1n) is 6.94. The van der Waals surface area contributed by atoms with Crippen LogP contribution in [0, 0.1) is 19.7 Å². The summed E-state index contributed by atoms with van der Waals surface area (Å²) in [4.78, 5) is 11.4.